The van der Waals surface area contributed by atoms with Crippen LogP contribution in [0.4, 0.5) is 17.6 Å². The first-order valence-corrected chi connectivity index (χ1v) is 15.9. The van der Waals surface area contributed by atoms with Gasteiger partial charge in [0.2, 0.25) is 5.91 Å². The van der Waals surface area contributed by atoms with Gasteiger partial charge in [0.25, 0.3) is 5.91 Å². The van der Waals surface area contributed by atoms with Crippen LogP contribution in [0, 0.1) is 29.5 Å². The summed E-state index contributed by atoms with van der Waals surface area (Å²) in [7, 11) is -4.15. The number of rotatable bonds is 8. The number of halogens is 4. The minimum Gasteiger partial charge on any atom is -0.496 e. The van der Waals surface area contributed by atoms with Crippen molar-refractivity contribution < 1.29 is 45.0 Å². The fourth-order valence-electron chi connectivity index (χ4n) is 7.11. The molecule has 3 saturated carbocycles. The van der Waals surface area contributed by atoms with Crippen LogP contribution in [0.1, 0.15) is 68.6 Å². The van der Waals surface area contributed by atoms with Gasteiger partial charge in [-0.1, -0.05) is 6.92 Å². The number of fused-ring (bicyclic) bond motifs is 2. The van der Waals surface area contributed by atoms with Crippen LogP contribution in [0.25, 0.3) is 0 Å². The first-order valence-electron chi connectivity index (χ1n) is 14.5. The van der Waals surface area contributed by atoms with Crippen molar-refractivity contribution in [3.63, 3.8) is 0 Å². The highest BCUT2D eigenvalue weighted by Gasteiger charge is 2.54. The van der Waals surface area contributed by atoms with E-state index in [1.165, 1.54) is 13.2 Å². The molecule has 4 fully saturated rings. The molecule has 1 aromatic rings. The second-order valence-corrected chi connectivity index (χ2v) is 14.1. The summed E-state index contributed by atoms with van der Waals surface area (Å²) < 4.78 is 88.9. The lowest BCUT2D eigenvalue weighted by Crippen LogP contribution is -2.52. The maximum absolute atomic E-state index is 14.9. The van der Waals surface area contributed by atoms with E-state index in [1.54, 1.807) is 0 Å². The molecule has 3 aliphatic carbocycles. The predicted octanol–water partition coefficient (Wildman–Crippen LogP) is 3.98. The number of nitrogens with zero attached hydrogens (tertiary/aromatic N) is 1. The number of alkyl halides is 3. The fraction of sp³-hybridized carbons (Fsp3) is 0.714. The summed E-state index contributed by atoms with van der Waals surface area (Å²) in [6.07, 6.45) is 5.69. The first kappa shape index (κ1) is 30.8. The number of hydrogen-bond acceptors (Lipinski definition) is 6. The van der Waals surface area contributed by atoms with Crippen LogP contribution in [0.15, 0.2) is 12.1 Å². The van der Waals surface area contributed by atoms with E-state index >= 15 is 0 Å². The number of carbonyl (C=O) groups excluding carboxylic acids is 2. The van der Waals surface area contributed by atoms with Gasteiger partial charge in [-0.2, -0.15) is 17.5 Å². The molecule has 14 heteroatoms. The number of carbonyl (C=O) groups is 2. The van der Waals surface area contributed by atoms with Gasteiger partial charge in [0.1, 0.15) is 5.75 Å². The molecule has 2 amide bonds. The summed E-state index contributed by atoms with van der Waals surface area (Å²) in [5.41, 5.74) is -5.34. The van der Waals surface area contributed by atoms with Crippen LogP contribution < -0.4 is 20.1 Å². The van der Waals surface area contributed by atoms with Crippen molar-refractivity contribution in [2.45, 2.75) is 82.0 Å². The van der Waals surface area contributed by atoms with E-state index < -0.39 is 57.7 Å². The van der Waals surface area contributed by atoms with Crippen molar-refractivity contribution in [1.29, 1.82) is 0 Å². The number of benzene rings is 1. The Kier molecular flexibility index (Phi) is 8.68. The highest BCUT2D eigenvalue weighted by Crippen LogP contribution is 2.49. The normalized spacial score (nSPS) is 31.6. The number of amides is 2. The van der Waals surface area contributed by atoms with Gasteiger partial charge in [-0.25, -0.2) is 12.8 Å². The van der Waals surface area contributed by atoms with Crippen LogP contribution in [0.3, 0.4) is 0 Å². The molecule has 2 bridgehead atoms. The van der Waals surface area contributed by atoms with Gasteiger partial charge in [0.15, 0.2) is 11.6 Å². The van der Waals surface area contributed by atoms with Crippen LogP contribution in [-0.2, 0) is 14.8 Å². The monoisotopic (exact) mass is 619 g/mol. The molecular weight excluding hydrogens is 582 g/mol. The van der Waals surface area contributed by atoms with E-state index in [-0.39, 0.29) is 48.0 Å². The smallest absolute Gasteiger partial charge is 0.496 e. The Labute approximate surface area is 242 Å². The minimum absolute atomic E-state index is 0.0202. The average molecular weight is 620 g/mol. The quantitative estimate of drug-likeness (QED) is 0.426. The molecule has 1 aromatic carbocycles. The molecule has 9 nitrogen and oxygen atoms in total. The van der Waals surface area contributed by atoms with Crippen LogP contribution >= 0.6 is 0 Å². The summed E-state index contributed by atoms with van der Waals surface area (Å²) in [5.74, 6) is -1.69. The third-order valence-corrected chi connectivity index (χ3v) is 11.0. The van der Waals surface area contributed by atoms with Crippen molar-refractivity contribution in [2.24, 2.45) is 23.7 Å². The van der Waals surface area contributed by atoms with E-state index in [9.17, 15) is 35.6 Å². The molecule has 0 radical (unpaired) electrons. The molecule has 0 unspecified atom stereocenters. The maximum atomic E-state index is 14.9. The number of ether oxygens (including phenoxy) is 2. The van der Waals surface area contributed by atoms with Crippen molar-refractivity contribution in [3.8, 4) is 11.5 Å². The Bertz CT molecular complexity index is 1300. The molecule has 2 N–H and O–H groups in total. The molecule has 5 rings (SSSR count). The third-order valence-electron chi connectivity index (χ3n) is 9.40. The van der Waals surface area contributed by atoms with Gasteiger partial charge < -0.3 is 20.1 Å². The second-order valence-electron chi connectivity index (χ2n) is 12.1. The summed E-state index contributed by atoms with van der Waals surface area (Å²) in [6.45, 7) is 1.34. The van der Waals surface area contributed by atoms with E-state index in [0.717, 1.165) is 44.6 Å². The summed E-state index contributed by atoms with van der Waals surface area (Å²) in [4.78, 5) is 26.9. The van der Waals surface area contributed by atoms with E-state index in [4.69, 9.17) is 9.47 Å². The van der Waals surface area contributed by atoms with E-state index in [2.05, 4.69) is 17.6 Å². The van der Waals surface area contributed by atoms with Crippen LogP contribution in [-0.4, -0.2) is 68.4 Å². The lowest BCUT2D eigenvalue weighted by Gasteiger charge is -2.32. The number of nitrogens with one attached hydrogen (secondary N) is 2. The van der Waals surface area contributed by atoms with E-state index in [0.29, 0.717) is 16.6 Å². The maximum Gasteiger partial charge on any atom is 0.511 e. The number of hydrogen-bond donors (Lipinski definition) is 2. The molecule has 0 aromatic heterocycles. The first-order chi connectivity index (χ1) is 19.8. The van der Waals surface area contributed by atoms with E-state index in [1.807, 2.05) is 0 Å². The largest absolute Gasteiger partial charge is 0.511 e. The Morgan fingerprint density at radius 3 is 2.33 bits per heavy atom. The highest BCUT2D eigenvalue weighted by molar-refractivity contribution is 7.90. The Hall–Kier alpha value is -2.61. The summed E-state index contributed by atoms with van der Waals surface area (Å²) >= 11 is 0. The van der Waals surface area contributed by atoms with Crippen LogP contribution in [0.2, 0.25) is 0 Å². The fourth-order valence-corrected chi connectivity index (χ4v) is 8.13. The zero-order chi connectivity index (χ0) is 30.4. The molecule has 234 valence electrons. The van der Waals surface area contributed by atoms with Gasteiger partial charge in [-0.05, 0) is 75.2 Å². The van der Waals surface area contributed by atoms with Crippen molar-refractivity contribution in [1.82, 2.24) is 14.9 Å². The molecule has 1 aliphatic heterocycles. The molecule has 1 saturated heterocycles. The zero-order valence-electron chi connectivity index (χ0n) is 23.6. The topological polar surface area (TPSA) is 114 Å². The number of sulfonamides is 1. The molecule has 42 heavy (non-hydrogen) atoms. The van der Waals surface area contributed by atoms with Crippen molar-refractivity contribution >= 4 is 21.8 Å². The zero-order valence-corrected chi connectivity index (χ0v) is 24.4. The van der Waals surface area contributed by atoms with Crippen molar-refractivity contribution in [2.75, 3.05) is 20.2 Å². The molecule has 1 heterocycles. The Morgan fingerprint density at radius 2 is 1.67 bits per heavy atom. The number of methoxy groups -OCH3 is 1. The molecule has 4 aliphatic rings. The summed E-state index contributed by atoms with van der Waals surface area (Å²) in [5, 5.41) is 5.69. The molecule has 5 atom stereocenters. The standard InChI is InChI=1S/C28H37F4N3O6S/c1-15-3-7-19(8-4-15)41-23-12-20(22(40-2)13-21(23)29)26(36)34-25-17-6-5-16(11-17)24(25)27(37)33-18-9-10-35(14-18)42(38,39)28(30,31)32/h12-13,15-19,24-25H,3-11,14H2,1-2H3,(H,33,37)(H,34,36)/t15?,16-,17+,18+,19?,24+,25-/m1/s1. The van der Waals surface area contributed by atoms with Crippen LogP contribution in [0.5, 0.6) is 11.5 Å². The SMILES string of the molecule is COc1cc(F)c(OC2CCC(C)CC2)cc1C(=O)N[C@@H]1[C@H]2CC[C@H](C2)[C@@H]1C(=O)N[C@H]1CCN(S(=O)(=O)C(F)(F)F)C1. The Morgan fingerprint density at radius 1 is 0.976 bits per heavy atom. The van der Waals surface area contributed by atoms with Gasteiger partial charge in [-0.3, -0.25) is 9.59 Å². The third kappa shape index (κ3) is 6.06. The van der Waals surface area contributed by atoms with Gasteiger partial charge in [0, 0.05) is 31.2 Å². The molecule has 0 spiro atoms. The van der Waals surface area contributed by atoms with Crippen molar-refractivity contribution in [3.05, 3.63) is 23.5 Å². The lowest BCUT2D eigenvalue weighted by atomic mass is 9.83. The lowest BCUT2D eigenvalue weighted by molar-refractivity contribution is -0.127. The highest BCUT2D eigenvalue weighted by atomic mass is 32.2. The average Bonchev–Trinajstić information content (AvgIpc) is 3.67. The van der Waals surface area contributed by atoms with Gasteiger partial charge >= 0.3 is 15.5 Å². The summed E-state index contributed by atoms with van der Waals surface area (Å²) in [6, 6.07) is 1.12. The second kappa shape index (κ2) is 11.8. The molecular formula is C28H37F4N3O6S. The minimum atomic E-state index is -5.48. The predicted molar refractivity (Wildman–Crippen MR) is 144 cm³/mol. The Balaban J connectivity index is 1.28. The van der Waals surface area contributed by atoms with Gasteiger partial charge in [-0.15, -0.1) is 0 Å². The van der Waals surface area contributed by atoms with Gasteiger partial charge in [0.05, 0.1) is 24.7 Å².